The molecule has 0 spiro atoms. The smallest absolute Gasteiger partial charge is 0.149 e. The normalized spacial score (nSPS) is 12.4. The van der Waals surface area contributed by atoms with Crippen LogP contribution in [0.5, 0.6) is 11.5 Å². The lowest BCUT2D eigenvalue weighted by atomic mass is 9.86. The lowest BCUT2D eigenvalue weighted by Crippen LogP contribution is -2.23. The van der Waals surface area contributed by atoms with Gasteiger partial charge in [-0.25, -0.2) is 0 Å². The Morgan fingerprint density at radius 2 is 0.905 bits per heavy atom. The number of ether oxygens (including phenoxy) is 2. The van der Waals surface area contributed by atoms with Gasteiger partial charge in [0.2, 0.25) is 0 Å². The van der Waals surface area contributed by atoms with Crippen LogP contribution in [0, 0.1) is 0 Å². The zero-order chi connectivity index (χ0) is 29.4. The van der Waals surface area contributed by atoms with Crippen LogP contribution >= 0.6 is 31.9 Å². The number of halogens is 2. The second-order valence-electron chi connectivity index (χ2n) is 10.5. The number of carbonyl (C=O) groups is 1. The van der Waals surface area contributed by atoms with E-state index >= 15 is 0 Å². The lowest BCUT2D eigenvalue weighted by molar-refractivity contribution is -0.121. The molecule has 0 aliphatic heterocycles. The van der Waals surface area contributed by atoms with Crippen LogP contribution in [0.15, 0.2) is 109 Å². The molecule has 0 N–H and O–H groups in total. The fourth-order valence-electron chi connectivity index (χ4n) is 5.03. The Morgan fingerprint density at radius 1 is 0.524 bits per heavy atom. The highest BCUT2D eigenvalue weighted by atomic mass is 79.9. The van der Waals surface area contributed by atoms with Crippen molar-refractivity contribution >= 4 is 37.6 Å². The third-order valence-corrected chi connectivity index (χ3v) is 8.80. The topological polar surface area (TPSA) is 35.5 Å². The average Bonchev–Trinajstić information content (AvgIpc) is 3.04. The summed E-state index contributed by atoms with van der Waals surface area (Å²) in [5.74, 6) is 1.38. The second kappa shape index (κ2) is 17.9. The van der Waals surface area contributed by atoms with Gasteiger partial charge in [0.25, 0.3) is 0 Å². The van der Waals surface area contributed by atoms with Crippen LogP contribution in [0.1, 0.15) is 59.8 Å². The van der Waals surface area contributed by atoms with E-state index in [1.807, 2.05) is 60.7 Å². The van der Waals surface area contributed by atoms with Crippen molar-refractivity contribution in [2.24, 2.45) is 0 Å². The Kier molecular flexibility index (Phi) is 13.7. The quantitative estimate of drug-likeness (QED) is 0.0770. The molecular weight excluding hydrogens is 652 g/mol. The van der Waals surface area contributed by atoms with E-state index in [1.54, 1.807) is 0 Å². The molecule has 2 atom stereocenters. The van der Waals surface area contributed by atoms with Crippen LogP contribution in [-0.4, -0.2) is 29.7 Å². The number of hydrogen-bond acceptors (Lipinski definition) is 3. The summed E-state index contributed by atoms with van der Waals surface area (Å²) in [6.45, 7) is 1.37. The maximum Gasteiger partial charge on any atom is 0.149 e. The molecule has 42 heavy (non-hydrogen) atoms. The maximum atomic E-state index is 13.7. The molecule has 4 aromatic carbocycles. The number of ketones is 1. The van der Waals surface area contributed by atoms with Crippen LogP contribution in [0.25, 0.3) is 0 Å². The summed E-state index contributed by atoms with van der Waals surface area (Å²) in [5.41, 5.74) is 4.72. The monoisotopic (exact) mass is 690 g/mol. The van der Waals surface area contributed by atoms with Gasteiger partial charge < -0.3 is 9.47 Å². The first-order valence-electron chi connectivity index (χ1n) is 14.9. The number of alkyl halides is 2. The summed E-state index contributed by atoms with van der Waals surface area (Å²) in [5, 5.41) is 1.14. The second-order valence-corrected chi connectivity index (χ2v) is 11.8. The molecule has 2 unspecified atom stereocenters. The van der Waals surface area contributed by atoms with Crippen LogP contribution in [0.3, 0.4) is 0 Å². The van der Waals surface area contributed by atoms with Gasteiger partial charge in [-0.1, -0.05) is 117 Å². The van der Waals surface area contributed by atoms with Crippen molar-refractivity contribution in [3.8, 4) is 11.5 Å². The van der Waals surface area contributed by atoms with E-state index in [4.69, 9.17) is 9.47 Å². The lowest BCUT2D eigenvalue weighted by Gasteiger charge is -2.21. The molecule has 0 fully saturated rings. The zero-order valence-corrected chi connectivity index (χ0v) is 27.3. The Bertz CT molecular complexity index is 1210. The summed E-state index contributed by atoms with van der Waals surface area (Å²) in [7, 11) is 0. The molecule has 0 amide bonds. The predicted molar refractivity (Wildman–Crippen MR) is 181 cm³/mol. The molecule has 0 bridgehead atoms. The highest BCUT2D eigenvalue weighted by Crippen LogP contribution is 2.31. The third kappa shape index (κ3) is 10.1. The SMILES string of the molecule is O=C(C(CBr)c1ccc(OCCCCc2ccccc2)cc1)C(CBr)c1ccc(OCCCCc2ccccc2)cc1. The molecule has 5 heteroatoms. The summed E-state index contributed by atoms with van der Waals surface area (Å²) < 4.78 is 11.9. The maximum absolute atomic E-state index is 13.7. The number of aryl methyl sites for hydroxylation is 2. The first kappa shape index (κ1) is 32.0. The van der Waals surface area contributed by atoms with E-state index < -0.39 is 0 Å². The molecule has 220 valence electrons. The van der Waals surface area contributed by atoms with E-state index in [1.165, 1.54) is 11.1 Å². The number of unbranched alkanes of at least 4 members (excludes halogenated alkanes) is 2. The van der Waals surface area contributed by atoms with Gasteiger partial charge in [0.15, 0.2) is 0 Å². The van der Waals surface area contributed by atoms with Gasteiger partial charge in [-0.15, -0.1) is 0 Å². The Labute approximate surface area is 267 Å². The fraction of sp³-hybridized carbons (Fsp3) is 0.324. The number of benzene rings is 4. The molecular formula is C37H40Br2O3. The van der Waals surface area contributed by atoms with Crippen molar-refractivity contribution in [2.45, 2.75) is 50.4 Å². The average molecular weight is 693 g/mol. The highest BCUT2D eigenvalue weighted by Gasteiger charge is 2.28. The Balaban J connectivity index is 1.23. The standard InChI is InChI=1S/C37H40Br2O3/c38-27-35(31-17-21-33(22-18-31)41-25-9-7-15-29-11-3-1-4-12-29)37(40)36(28-39)32-19-23-34(24-20-32)42-26-10-8-16-30-13-5-2-6-14-30/h1-6,11-14,17-24,35-36H,7-10,15-16,25-28H2. The Hall–Kier alpha value is -2.89. The molecule has 0 aromatic heterocycles. The van der Waals surface area contributed by atoms with E-state index in [0.717, 1.165) is 61.2 Å². The van der Waals surface area contributed by atoms with Crippen molar-refractivity contribution in [1.82, 2.24) is 0 Å². The van der Waals surface area contributed by atoms with Crippen LogP contribution in [0.2, 0.25) is 0 Å². The minimum atomic E-state index is -0.243. The van der Waals surface area contributed by atoms with Crippen molar-refractivity contribution in [1.29, 1.82) is 0 Å². The predicted octanol–water partition coefficient (Wildman–Crippen LogP) is 9.72. The van der Waals surface area contributed by atoms with Crippen LogP contribution in [-0.2, 0) is 17.6 Å². The van der Waals surface area contributed by atoms with Crippen molar-refractivity contribution in [2.75, 3.05) is 23.9 Å². The third-order valence-electron chi connectivity index (χ3n) is 7.50. The van der Waals surface area contributed by atoms with Crippen molar-refractivity contribution in [3.05, 3.63) is 131 Å². The van der Waals surface area contributed by atoms with E-state index in [-0.39, 0.29) is 17.6 Å². The van der Waals surface area contributed by atoms with Crippen LogP contribution < -0.4 is 9.47 Å². The van der Waals surface area contributed by atoms with Gasteiger partial charge in [0.1, 0.15) is 17.3 Å². The van der Waals surface area contributed by atoms with E-state index in [2.05, 4.69) is 80.4 Å². The fourth-order valence-corrected chi connectivity index (χ4v) is 6.41. The summed E-state index contributed by atoms with van der Waals surface area (Å²) in [6, 6.07) is 37.1. The molecule has 4 aromatic rings. The molecule has 3 nitrogen and oxygen atoms in total. The summed E-state index contributed by atoms with van der Waals surface area (Å²) in [6.07, 6.45) is 6.33. The van der Waals surface area contributed by atoms with Gasteiger partial charge in [0.05, 0.1) is 25.0 Å². The number of Topliss-reactive ketones (excluding diaryl/α,β-unsaturated/α-hetero) is 1. The van der Waals surface area contributed by atoms with E-state index in [9.17, 15) is 4.79 Å². The minimum absolute atomic E-state index is 0.188. The molecule has 0 saturated heterocycles. The van der Waals surface area contributed by atoms with Gasteiger partial charge >= 0.3 is 0 Å². The summed E-state index contributed by atoms with van der Waals surface area (Å²) >= 11 is 7.20. The highest BCUT2D eigenvalue weighted by molar-refractivity contribution is 9.09. The van der Waals surface area contributed by atoms with E-state index in [0.29, 0.717) is 23.9 Å². The molecule has 0 aliphatic carbocycles. The van der Waals surface area contributed by atoms with Crippen molar-refractivity contribution < 1.29 is 14.3 Å². The summed E-state index contributed by atoms with van der Waals surface area (Å²) in [4.78, 5) is 13.7. The molecule has 0 radical (unpaired) electrons. The van der Waals surface area contributed by atoms with Gasteiger partial charge in [-0.3, -0.25) is 4.79 Å². The Morgan fingerprint density at radius 3 is 1.26 bits per heavy atom. The van der Waals surface area contributed by atoms with Gasteiger partial charge in [-0.05, 0) is 85.0 Å². The minimum Gasteiger partial charge on any atom is -0.494 e. The molecule has 0 saturated carbocycles. The first-order chi connectivity index (χ1) is 20.7. The van der Waals surface area contributed by atoms with Crippen molar-refractivity contribution in [3.63, 3.8) is 0 Å². The first-order valence-corrected chi connectivity index (χ1v) is 17.1. The largest absolute Gasteiger partial charge is 0.494 e. The number of rotatable bonds is 18. The number of hydrogen-bond donors (Lipinski definition) is 0. The molecule has 0 aliphatic rings. The molecule has 4 rings (SSSR count). The van der Waals surface area contributed by atoms with Gasteiger partial charge in [0, 0.05) is 10.7 Å². The number of carbonyl (C=O) groups excluding carboxylic acids is 1. The molecule has 0 heterocycles. The van der Waals surface area contributed by atoms with Gasteiger partial charge in [-0.2, -0.15) is 0 Å². The van der Waals surface area contributed by atoms with Crippen LogP contribution in [0.4, 0.5) is 0 Å². The zero-order valence-electron chi connectivity index (χ0n) is 24.1.